The number of amides is 1. The molecule has 0 spiro atoms. The van der Waals surface area contributed by atoms with Crippen LogP contribution >= 0.6 is 0 Å². The molecule has 1 aromatic heterocycles. The van der Waals surface area contributed by atoms with Gasteiger partial charge in [0.2, 0.25) is 5.91 Å². The summed E-state index contributed by atoms with van der Waals surface area (Å²) in [7, 11) is 0. The summed E-state index contributed by atoms with van der Waals surface area (Å²) in [5, 5.41) is 6.38. The van der Waals surface area contributed by atoms with E-state index in [1.54, 1.807) is 12.4 Å². The summed E-state index contributed by atoms with van der Waals surface area (Å²) < 4.78 is 0. The van der Waals surface area contributed by atoms with Crippen molar-refractivity contribution >= 4 is 5.91 Å². The summed E-state index contributed by atoms with van der Waals surface area (Å²) in [4.78, 5) is 16.3. The third-order valence-corrected chi connectivity index (χ3v) is 3.95. The van der Waals surface area contributed by atoms with Crippen LogP contribution in [-0.4, -0.2) is 23.5 Å². The fraction of sp³-hybridized carbons (Fsp3) is 0.600. The van der Waals surface area contributed by atoms with E-state index in [4.69, 9.17) is 0 Å². The largest absolute Gasteiger partial charge is 0.348 e. The molecule has 104 valence electrons. The van der Waals surface area contributed by atoms with Crippen LogP contribution in [0.25, 0.3) is 0 Å². The Bertz CT molecular complexity index is 407. The van der Waals surface area contributed by atoms with Crippen molar-refractivity contribution in [2.75, 3.05) is 6.54 Å². The van der Waals surface area contributed by atoms with Gasteiger partial charge in [0, 0.05) is 12.4 Å². The van der Waals surface area contributed by atoms with Crippen molar-refractivity contribution in [1.82, 2.24) is 15.6 Å². The van der Waals surface area contributed by atoms with Gasteiger partial charge in [-0.05, 0) is 43.9 Å². The minimum Gasteiger partial charge on any atom is -0.348 e. The predicted molar refractivity (Wildman–Crippen MR) is 75.6 cm³/mol. The van der Waals surface area contributed by atoms with Crippen molar-refractivity contribution in [3.8, 4) is 0 Å². The smallest absolute Gasteiger partial charge is 0.237 e. The molecule has 0 aromatic carbocycles. The number of aromatic nitrogens is 1. The van der Waals surface area contributed by atoms with Crippen LogP contribution in [0, 0.1) is 5.92 Å². The van der Waals surface area contributed by atoms with Crippen molar-refractivity contribution in [3.63, 3.8) is 0 Å². The molecule has 1 amide bonds. The van der Waals surface area contributed by atoms with Gasteiger partial charge in [-0.25, -0.2) is 0 Å². The standard InChI is InChI=1S/C15H23N3O/c1-3-12-6-8-17-14(9-12)15(19)18-11(2)13-5-4-7-16-10-13/h4-5,7,10-12,14,17H,3,6,8-9H2,1-2H3,(H,18,19). The minimum atomic E-state index is -0.0437. The second-order valence-electron chi connectivity index (χ2n) is 5.32. The lowest BCUT2D eigenvalue weighted by atomic mass is 9.90. The molecule has 0 bridgehead atoms. The second kappa shape index (κ2) is 6.66. The quantitative estimate of drug-likeness (QED) is 0.872. The highest BCUT2D eigenvalue weighted by Gasteiger charge is 2.26. The zero-order valence-corrected chi connectivity index (χ0v) is 11.7. The molecule has 2 heterocycles. The molecule has 0 saturated carbocycles. The maximum atomic E-state index is 12.2. The highest BCUT2D eigenvalue weighted by Crippen LogP contribution is 2.20. The highest BCUT2D eigenvalue weighted by atomic mass is 16.2. The van der Waals surface area contributed by atoms with E-state index in [-0.39, 0.29) is 18.0 Å². The summed E-state index contributed by atoms with van der Waals surface area (Å²) >= 11 is 0. The molecule has 3 unspecified atom stereocenters. The van der Waals surface area contributed by atoms with Gasteiger partial charge in [0.25, 0.3) is 0 Å². The number of rotatable bonds is 4. The molecule has 1 saturated heterocycles. The monoisotopic (exact) mass is 261 g/mol. The van der Waals surface area contributed by atoms with Crippen LogP contribution in [0.4, 0.5) is 0 Å². The summed E-state index contributed by atoms with van der Waals surface area (Å²) in [6.07, 6.45) is 6.82. The molecule has 1 aliphatic rings. The fourth-order valence-electron chi connectivity index (χ4n) is 2.60. The van der Waals surface area contributed by atoms with Crippen LogP contribution in [0.15, 0.2) is 24.5 Å². The Hall–Kier alpha value is -1.42. The second-order valence-corrected chi connectivity index (χ2v) is 5.32. The van der Waals surface area contributed by atoms with Gasteiger partial charge in [-0.2, -0.15) is 0 Å². The molecule has 0 aliphatic carbocycles. The SMILES string of the molecule is CCC1CCNC(C(=O)NC(C)c2cccnc2)C1. The van der Waals surface area contributed by atoms with Crippen molar-refractivity contribution in [3.05, 3.63) is 30.1 Å². The Balaban J connectivity index is 1.90. The number of hydrogen-bond donors (Lipinski definition) is 2. The maximum Gasteiger partial charge on any atom is 0.237 e. The molecule has 0 radical (unpaired) electrons. The van der Waals surface area contributed by atoms with Gasteiger partial charge in [0.05, 0.1) is 12.1 Å². The molecule has 2 rings (SSSR count). The first-order valence-corrected chi connectivity index (χ1v) is 7.14. The number of carbonyl (C=O) groups excluding carboxylic acids is 1. The molecule has 1 aromatic rings. The zero-order chi connectivity index (χ0) is 13.7. The lowest BCUT2D eigenvalue weighted by Gasteiger charge is -2.29. The van der Waals surface area contributed by atoms with Crippen LogP contribution in [0.2, 0.25) is 0 Å². The highest BCUT2D eigenvalue weighted by molar-refractivity contribution is 5.82. The normalized spacial score (nSPS) is 24.7. The van der Waals surface area contributed by atoms with Gasteiger partial charge in [-0.1, -0.05) is 19.4 Å². The zero-order valence-electron chi connectivity index (χ0n) is 11.7. The summed E-state index contributed by atoms with van der Waals surface area (Å²) in [5.74, 6) is 0.778. The summed E-state index contributed by atoms with van der Waals surface area (Å²) in [6.45, 7) is 5.14. The van der Waals surface area contributed by atoms with Gasteiger partial charge < -0.3 is 10.6 Å². The Morgan fingerprint density at radius 2 is 2.47 bits per heavy atom. The molecule has 4 heteroatoms. The van der Waals surface area contributed by atoms with Crippen LogP contribution in [0.5, 0.6) is 0 Å². The third-order valence-electron chi connectivity index (χ3n) is 3.95. The van der Waals surface area contributed by atoms with E-state index in [0.717, 1.165) is 24.9 Å². The van der Waals surface area contributed by atoms with Gasteiger partial charge in [0.1, 0.15) is 0 Å². The van der Waals surface area contributed by atoms with Gasteiger partial charge in [0.15, 0.2) is 0 Å². The van der Waals surface area contributed by atoms with E-state index in [1.807, 2.05) is 19.1 Å². The fourth-order valence-corrected chi connectivity index (χ4v) is 2.60. The molecule has 3 atom stereocenters. The Morgan fingerprint density at radius 3 is 3.16 bits per heavy atom. The van der Waals surface area contributed by atoms with Crippen LogP contribution in [0.3, 0.4) is 0 Å². The number of pyridine rings is 1. The maximum absolute atomic E-state index is 12.2. The Morgan fingerprint density at radius 1 is 1.63 bits per heavy atom. The van der Waals surface area contributed by atoms with Crippen molar-refractivity contribution in [2.45, 2.75) is 45.2 Å². The molecule has 4 nitrogen and oxygen atoms in total. The number of hydrogen-bond acceptors (Lipinski definition) is 3. The Kier molecular flexibility index (Phi) is 4.91. The van der Waals surface area contributed by atoms with Gasteiger partial charge >= 0.3 is 0 Å². The first-order chi connectivity index (χ1) is 9.20. The van der Waals surface area contributed by atoms with Crippen LogP contribution in [0.1, 0.15) is 44.7 Å². The summed E-state index contributed by atoms with van der Waals surface area (Å²) in [5.41, 5.74) is 1.04. The van der Waals surface area contributed by atoms with Gasteiger partial charge in [-0.3, -0.25) is 9.78 Å². The van der Waals surface area contributed by atoms with E-state index in [2.05, 4.69) is 22.5 Å². The van der Waals surface area contributed by atoms with Crippen molar-refractivity contribution in [1.29, 1.82) is 0 Å². The number of nitrogens with one attached hydrogen (secondary N) is 2. The van der Waals surface area contributed by atoms with E-state index < -0.39 is 0 Å². The predicted octanol–water partition coefficient (Wildman–Crippen LogP) is 2.04. The van der Waals surface area contributed by atoms with E-state index in [1.165, 1.54) is 6.42 Å². The average Bonchev–Trinajstić information content (AvgIpc) is 2.48. The molecule has 1 fully saturated rings. The van der Waals surface area contributed by atoms with Crippen molar-refractivity contribution in [2.24, 2.45) is 5.92 Å². The van der Waals surface area contributed by atoms with E-state index in [9.17, 15) is 4.79 Å². The van der Waals surface area contributed by atoms with E-state index >= 15 is 0 Å². The minimum absolute atomic E-state index is 0.00463. The number of carbonyl (C=O) groups is 1. The molecule has 2 N–H and O–H groups in total. The lowest BCUT2D eigenvalue weighted by Crippen LogP contribution is -2.49. The molecule has 19 heavy (non-hydrogen) atoms. The Labute approximate surface area is 115 Å². The van der Waals surface area contributed by atoms with Crippen LogP contribution in [-0.2, 0) is 4.79 Å². The molecule has 1 aliphatic heterocycles. The number of nitrogens with zero attached hydrogens (tertiary/aromatic N) is 1. The van der Waals surface area contributed by atoms with Crippen LogP contribution < -0.4 is 10.6 Å². The summed E-state index contributed by atoms with van der Waals surface area (Å²) in [6, 6.07) is 3.84. The third kappa shape index (κ3) is 3.77. The van der Waals surface area contributed by atoms with Crippen molar-refractivity contribution < 1.29 is 4.79 Å². The molecular weight excluding hydrogens is 238 g/mol. The van der Waals surface area contributed by atoms with Gasteiger partial charge in [-0.15, -0.1) is 0 Å². The topological polar surface area (TPSA) is 54.0 Å². The average molecular weight is 261 g/mol. The molecular formula is C15H23N3O. The first-order valence-electron chi connectivity index (χ1n) is 7.14. The number of piperidine rings is 1. The first kappa shape index (κ1) is 14.0. The lowest BCUT2D eigenvalue weighted by molar-refractivity contribution is -0.124. The van der Waals surface area contributed by atoms with E-state index in [0.29, 0.717) is 5.92 Å².